The molecule has 0 N–H and O–H groups in total. The van der Waals surface area contributed by atoms with Crippen LogP contribution < -0.4 is 0 Å². The highest BCUT2D eigenvalue weighted by Gasteiger charge is 2.22. The second-order valence-corrected chi connectivity index (χ2v) is 5.09. The number of nitrogens with zero attached hydrogens (tertiary/aromatic N) is 1. The Morgan fingerprint density at radius 3 is 2.35 bits per heavy atom. The summed E-state index contributed by atoms with van der Waals surface area (Å²) < 4.78 is 0. The molecular weight excluding hydrogens is 206 g/mol. The van der Waals surface area contributed by atoms with E-state index in [2.05, 4.69) is 57.2 Å². The Morgan fingerprint density at radius 1 is 1.29 bits per heavy atom. The van der Waals surface area contributed by atoms with Gasteiger partial charge in [0.1, 0.15) is 0 Å². The normalized spacial score (nSPS) is 23.9. The van der Waals surface area contributed by atoms with Crippen LogP contribution in [0.2, 0.25) is 0 Å². The summed E-state index contributed by atoms with van der Waals surface area (Å²) >= 11 is 0. The second kappa shape index (κ2) is 5.90. The molecule has 17 heavy (non-hydrogen) atoms. The maximum absolute atomic E-state index is 4.08. The molecule has 0 aromatic carbocycles. The van der Waals surface area contributed by atoms with Crippen molar-refractivity contribution in [2.24, 2.45) is 5.92 Å². The lowest BCUT2D eigenvalue weighted by Crippen LogP contribution is -2.26. The summed E-state index contributed by atoms with van der Waals surface area (Å²) in [7, 11) is 0. The van der Waals surface area contributed by atoms with Crippen LogP contribution in [0.5, 0.6) is 0 Å². The molecule has 0 bridgehead atoms. The summed E-state index contributed by atoms with van der Waals surface area (Å²) in [6, 6.07) is 0.465. The third-order valence-corrected chi connectivity index (χ3v) is 3.48. The summed E-state index contributed by atoms with van der Waals surface area (Å²) in [4.78, 5) is 2.27. The van der Waals surface area contributed by atoms with Gasteiger partial charge in [-0.2, -0.15) is 0 Å². The summed E-state index contributed by atoms with van der Waals surface area (Å²) in [5.74, 6) is 0.723. The molecule has 1 aliphatic carbocycles. The van der Waals surface area contributed by atoms with Gasteiger partial charge in [0, 0.05) is 11.9 Å². The van der Waals surface area contributed by atoms with Gasteiger partial charge in [0.05, 0.1) is 6.04 Å². The van der Waals surface area contributed by atoms with Crippen molar-refractivity contribution in [3.05, 3.63) is 48.4 Å². The fourth-order valence-electron chi connectivity index (χ4n) is 2.07. The van der Waals surface area contributed by atoms with Gasteiger partial charge in [-0.05, 0) is 45.1 Å². The molecular formula is C16H25N. The van der Waals surface area contributed by atoms with Crippen molar-refractivity contribution in [3.8, 4) is 0 Å². The average Bonchev–Trinajstić information content (AvgIpc) is 2.72. The summed E-state index contributed by atoms with van der Waals surface area (Å²) in [5.41, 5.74) is 3.43. The van der Waals surface area contributed by atoms with E-state index >= 15 is 0 Å². The van der Waals surface area contributed by atoms with Gasteiger partial charge >= 0.3 is 0 Å². The highest BCUT2D eigenvalue weighted by atomic mass is 15.1. The molecule has 2 atom stereocenters. The molecule has 94 valence electrons. The Kier molecular flexibility index (Phi) is 4.80. The van der Waals surface area contributed by atoms with Crippen molar-refractivity contribution in [1.82, 2.24) is 4.90 Å². The molecule has 0 amide bonds. The first-order chi connectivity index (χ1) is 7.95. The van der Waals surface area contributed by atoms with Crippen molar-refractivity contribution in [2.45, 2.75) is 46.6 Å². The fourth-order valence-corrected chi connectivity index (χ4v) is 2.07. The highest BCUT2D eigenvalue weighted by Crippen LogP contribution is 2.27. The third kappa shape index (κ3) is 3.62. The minimum Gasteiger partial charge on any atom is -0.345 e. The minimum atomic E-state index is 0.465. The van der Waals surface area contributed by atoms with Crippen molar-refractivity contribution >= 4 is 0 Å². The van der Waals surface area contributed by atoms with Crippen LogP contribution in [0.15, 0.2) is 48.4 Å². The molecule has 0 aliphatic heterocycles. The Bertz CT molecular complexity index is 360. The molecule has 0 saturated carbocycles. The van der Waals surface area contributed by atoms with E-state index in [1.165, 1.54) is 18.4 Å². The Balaban J connectivity index is 2.82. The number of allylic oxidation sites excluding steroid dienone is 4. The minimum absolute atomic E-state index is 0.465. The first-order valence-corrected chi connectivity index (χ1v) is 6.42. The topological polar surface area (TPSA) is 3.24 Å². The standard InChI is InChI=1S/C16H25N/c1-7-15-8-9-16(10-15)17(13(4)5)11-14(6)12(2)3/h8-9,11,15-16H,2,4,7,10H2,1,3,5-6H3/b14-11-. The molecule has 0 fully saturated rings. The molecule has 1 nitrogen and oxygen atoms in total. The van der Waals surface area contributed by atoms with Crippen LogP contribution in [0.4, 0.5) is 0 Å². The van der Waals surface area contributed by atoms with E-state index in [1.807, 2.05) is 6.92 Å². The molecule has 2 unspecified atom stereocenters. The number of hydrogen-bond donors (Lipinski definition) is 0. The highest BCUT2D eigenvalue weighted by molar-refractivity contribution is 5.26. The van der Waals surface area contributed by atoms with Gasteiger partial charge in [-0.25, -0.2) is 0 Å². The van der Waals surface area contributed by atoms with E-state index in [9.17, 15) is 0 Å². The molecule has 0 spiro atoms. The Hall–Kier alpha value is -1.24. The fraction of sp³-hybridized carbons (Fsp3) is 0.500. The van der Waals surface area contributed by atoms with Gasteiger partial charge in [0.15, 0.2) is 0 Å². The molecule has 0 radical (unpaired) electrons. The zero-order valence-electron chi connectivity index (χ0n) is 11.7. The molecule has 0 aromatic rings. The predicted octanol–water partition coefficient (Wildman–Crippen LogP) is 4.66. The van der Waals surface area contributed by atoms with E-state index in [0.717, 1.165) is 17.2 Å². The van der Waals surface area contributed by atoms with Crippen LogP contribution >= 0.6 is 0 Å². The molecule has 0 saturated heterocycles. The molecule has 0 aromatic heterocycles. The first-order valence-electron chi connectivity index (χ1n) is 6.42. The summed E-state index contributed by atoms with van der Waals surface area (Å²) in [6.45, 7) is 16.5. The Labute approximate surface area is 106 Å². The van der Waals surface area contributed by atoms with Gasteiger partial charge in [0.2, 0.25) is 0 Å². The lowest BCUT2D eigenvalue weighted by molar-refractivity contribution is 0.360. The van der Waals surface area contributed by atoms with Crippen molar-refractivity contribution in [1.29, 1.82) is 0 Å². The summed E-state index contributed by atoms with van der Waals surface area (Å²) in [6.07, 6.45) is 9.25. The number of hydrogen-bond acceptors (Lipinski definition) is 1. The largest absolute Gasteiger partial charge is 0.345 e. The van der Waals surface area contributed by atoms with Crippen LogP contribution in [0.25, 0.3) is 0 Å². The zero-order valence-corrected chi connectivity index (χ0v) is 11.7. The van der Waals surface area contributed by atoms with Crippen molar-refractivity contribution in [3.63, 3.8) is 0 Å². The van der Waals surface area contributed by atoms with Crippen LogP contribution in [0.1, 0.15) is 40.5 Å². The lowest BCUT2D eigenvalue weighted by atomic mass is 10.0. The molecule has 0 heterocycles. The molecule has 1 heteroatoms. The van der Waals surface area contributed by atoms with Crippen LogP contribution in [0, 0.1) is 5.92 Å². The number of rotatable bonds is 5. The van der Waals surface area contributed by atoms with Gasteiger partial charge in [-0.1, -0.05) is 37.8 Å². The zero-order chi connectivity index (χ0) is 13.0. The summed E-state index contributed by atoms with van der Waals surface area (Å²) in [5, 5.41) is 0. The monoisotopic (exact) mass is 231 g/mol. The second-order valence-electron chi connectivity index (χ2n) is 5.09. The maximum atomic E-state index is 4.08. The lowest BCUT2D eigenvalue weighted by Gasteiger charge is -2.28. The maximum Gasteiger partial charge on any atom is 0.0518 e. The first kappa shape index (κ1) is 13.8. The van der Waals surface area contributed by atoms with Crippen LogP contribution in [-0.4, -0.2) is 10.9 Å². The van der Waals surface area contributed by atoms with E-state index in [1.54, 1.807) is 0 Å². The average molecular weight is 231 g/mol. The van der Waals surface area contributed by atoms with Gasteiger partial charge in [-0.15, -0.1) is 0 Å². The van der Waals surface area contributed by atoms with Gasteiger partial charge < -0.3 is 4.90 Å². The molecule has 1 aliphatic rings. The molecule has 1 rings (SSSR count). The Morgan fingerprint density at radius 2 is 1.94 bits per heavy atom. The van der Waals surface area contributed by atoms with Crippen molar-refractivity contribution < 1.29 is 0 Å². The predicted molar refractivity (Wildman–Crippen MR) is 76.6 cm³/mol. The van der Waals surface area contributed by atoms with Crippen LogP contribution in [0.3, 0.4) is 0 Å². The van der Waals surface area contributed by atoms with E-state index in [4.69, 9.17) is 0 Å². The van der Waals surface area contributed by atoms with Crippen LogP contribution in [-0.2, 0) is 0 Å². The van der Waals surface area contributed by atoms with Crippen molar-refractivity contribution in [2.75, 3.05) is 0 Å². The smallest absolute Gasteiger partial charge is 0.0518 e. The van der Waals surface area contributed by atoms with E-state index in [-0.39, 0.29) is 0 Å². The van der Waals surface area contributed by atoms with E-state index in [0.29, 0.717) is 6.04 Å². The van der Waals surface area contributed by atoms with Gasteiger partial charge in [-0.3, -0.25) is 0 Å². The third-order valence-electron chi connectivity index (χ3n) is 3.48. The van der Waals surface area contributed by atoms with Gasteiger partial charge in [0.25, 0.3) is 0 Å². The SMILES string of the molecule is C=C(C)/C(C)=C\N(C(=C)C)C1C=CC(CC)C1. The van der Waals surface area contributed by atoms with E-state index < -0.39 is 0 Å². The quantitative estimate of drug-likeness (QED) is 0.491.